The van der Waals surface area contributed by atoms with Gasteiger partial charge in [-0.15, -0.1) is 0 Å². The van der Waals surface area contributed by atoms with Crippen LogP contribution in [0.1, 0.15) is 40.5 Å². The lowest BCUT2D eigenvalue weighted by atomic mass is 10.0. The normalized spacial score (nSPS) is 12.0. The van der Waals surface area contributed by atoms with E-state index in [1.165, 1.54) is 17.3 Å². The van der Waals surface area contributed by atoms with Gasteiger partial charge in [-0.3, -0.25) is 10.1 Å². The molecule has 1 amide bonds. The van der Waals surface area contributed by atoms with Gasteiger partial charge in [0.15, 0.2) is 0 Å². The van der Waals surface area contributed by atoms with E-state index < -0.39 is 5.25 Å². The van der Waals surface area contributed by atoms with E-state index in [0.717, 1.165) is 32.6 Å². The lowest BCUT2D eigenvalue weighted by Crippen LogP contribution is -2.22. The van der Waals surface area contributed by atoms with Crippen LogP contribution in [0.3, 0.4) is 0 Å². The standard InChI is InChI=1S/C22H23N3O2S/c1-11-7-13(3)20-17(8-11)12(2)9-19(24-20)28-16(6)21(26)25-22-18(10-23)14(4)15(5)27-22/h7-9,16H,1-6H3,(H,25,26). The number of nitriles is 1. The number of hydrogen-bond donors (Lipinski definition) is 1. The van der Waals surface area contributed by atoms with E-state index in [1.54, 1.807) is 13.8 Å². The number of pyridine rings is 1. The summed E-state index contributed by atoms with van der Waals surface area (Å²) in [6, 6.07) is 8.36. The summed E-state index contributed by atoms with van der Waals surface area (Å²) < 4.78 is 5.53. The second-order valence-electron chi connectivity index (χ2n) is 7.10. The molecule has 0 spiro atoms. The lowest BCUT2D eigenvalue weighted by Gasteiger charge is -2.13. The largest absolute Gasteiger partial charge is 0.444 e. The molecule has 1 unspecified atom stereocenters. The number of rotatable bonds is 4. The maximum atomic E-state index is 12.6. The molecular weight excluding hydrogens is 370 g/mol. The number of thioether (sulfide) groups is 1. The molecule has 144 valence electrons. The number of aromatic nitrogens is 1. The predicted molar refractivity (Wildman–Crippen MR) is 113 cm³/mol. The maximum absolute atomic E-state index is 12.6. The molecule has 3 rings (SSSR count). The highest BCUT2D eigenvalue weighted by Crippen LogP contribution is 2.30. The van der Waals surface area contributed by atoms with Crippen molar-refractivity contribution >= 4 is 34.5 Å². The Labute approximate surface area is 169 Å². The minimum Gasteiger partial charge on any atom is -0.444 e. The Balaban J connectivity index is 1.83. The molecule has 0 radical (unpaired) electrons. The van der Waals surface area contributed by atoms with Crippen LogP contribution < -0.4 is 5.32 Å². The summed E-state index contributed by atoms with van der Waals surface area (Å²) in [5, 5.41) is 13.6. The zero-order valence-electron chi connectivity index (χ0n) is 16.9. The highest BCUT2D eigenvalue weighted by Gasteiger charge is 2.21. The molecular formula is C22H23N3O2S. The summed E-state index contributed by atoms with van der Waals surface area (Å²) in [7, 11) is 0. The Morgan fingerprint density at radius 1 is 1.18 bits per heavy atom. The molecule has 2 heterocycles. The van der Waals surface area contributed by atoms with Gasteiger partial charge in [0.25, 0.3) is 0 Å². The van der Waals surface area contributed by atoms with Crippen LogP contribution in [0.5, 0.6) is 0 Å². The van der Waals surface area contributed by atoms with Crippen LogP contribution in [-0.2, 0) is 4.79 Å². The number of benzene rings is 1. The Hall–Kier alpha value is -2.78. The third-order valence-electron chi connectivity index (χ3n) is 4.83. The fourth-order valence-electron chi connectivity index (χ4n) is 3.17. The van der Waals surface area contributed by atoms with Crippen LogP contribution >= 0.6 is 11.8 Å². The Kier molecular flexibility index (Phi) is 5.48. The molecule has 0 bridgehead atoms. The van der Waals surface area contributed by atoms with Gasteiger partial charge in [0, 0.05) is 10.9 Å². The number of amides is 1. The fourth-order valence-corrected chi connectivity index (χ4v) is 4.09. The average Bonchev–Trinajstić information content (AvgIpc) is 2.89. The molecule has 1 N–H and O–H groups in total. The first-order valence-electron chi connectivity index (χ1n) is 9.07. The van der Waals surface area contributed by atoms with E-state index >= 15 is 0 Å². The van der Waals surface area contributed by atoms with Gasteiger partial charge >= 0.3 is 0 Å². The number of nitrogens with one attached hydrogen (secondary N) is 1. The van der Waals surface area contributed by atoms with Crippen molar-refractivity contribution in [2.24, 2.45) is 0 Å². The lowest BCUT2D eigenvalue weighted by molar-refractivity contribution is -0.115. The Morgan fingerprint density at radius 3 is 2.57 bits per heavy atom. The molecule has 6 heteroatoms. The van der Waals surface area contributed by atoms with E-state index in [4.69, 9.17) is 9.40 Å². The van der Waals surface area contributed by atoms with E-state index in [1.807, 2.05) is 13.0 Å². The van der Waals surface area contributed by atoms with Gasteiger partial charge in [-0.05, 0) is 64.8 Å². The van der Waals surface area contributed by atoms with Crippen molar-refractivity contribution in [3.63, 3.8) is 0 Å². The number of carbonyl (C=O) groups excluding carboxylic acids is 1. The maximum Gasteiger partial charge on any atom is 0.239 e. The molecule has 5 nitrogen and oxygen atoms in total. The average molecular weight is 394 g/mol. The number of nitrogens with zero attached hydrogens (tertiary/aromatic N) is 2. The number of furan rings is 1. The molecule has 0 aliphatic heterocycles. The number of anilines is 1. The number of carbonyl (C=O) groups is 1. The SMILES string of the molecule is Cc1cc(C)c2nc(SC(C)C(=O)Nc3oc(C)c(C)c3C#N)cc(C)c2c1. The van der Waals surface area contributed by atoms with Gasteiger partial charge < -0.3 is 4.42 Å². The number of aryl methyl sites for hydroxylation is 4. The van der Waals surface area contributed by atoms with Crippen LogP contribution in [0.4, 0.5) is 5.88 Å². The zero-order valence-corrected chi connectivity index (χ0v) is 17.7. The zero-order chi connectivity index (χ0) is 20.6. The van der Waals surface area contributed by atoms with Crippen molar-refractivity contribution in [1.29, 1.82) is 5.26 Å². The van der Waals surface area contributed by atoms with Gasteiger partial charge in [0.2, 0.25) is 11.8 Å². The van der Waals surface area contributed by atoms with Crippen LogP contribution in [0.25, 0.3) is 10.9 Å². The summed E-state index contributed by atoms with van der Waals surface area (Å²) in [4.78, 5) is 17.4. The van der Waals surface area contributed by atoms with Crippen molar-refractivity contribution in [2.45, 2.75) is 51.8 Å². The molecule has 2 aromatic heterocycles. The second kappa shape index (κ2) is 7.69. The van der Waals surface area contributed by atoms with Gasteiger partial charge in [-0.2, -0.15) is 5.26 Å². The van der Waals surface area contributed by atoms with Crippen molar-refractivity contribution in [2.75, 3.05) is 5.32 Å². The molecule has 3 aromatic rings. The fraction of sp³-hybridized carbons (Fsp3) is 0.318. The Morgan fingerprint density at radius 2 is 1.89 bits per heavy atom. The summed E-state index contributed by atoms with van der Waals surface area (Å²) in [6.45, 7) is 11.6. The second-order valence-corrected chi connectivity index (χ2v) is 8.46. The van der Waals surface area contributed by atoms with E-state index in [9.17, 15) is 10.1 Å². The van der Waals surface area contributed by atoms with Crippen LogP contribution in [0.2, 0.25) is 0 Å². The molecule has 0 saturated carbocycles. The molecule has 0 fully saturated rings. The van der Waals surface area contributed by atoms with Crippen LogP contribution in [-0.4, -0.2) is 16.1 Å². The molecule has 28 heavy (non-hydrogen) atoms. The Bertz CT molecular complexity index is 1130. The highest BCUT2D eigenvalue weighted by atomic mass is 32.2. The first-order chi connectivity index (χ1) is 13.2. The van der Waals surface area contributed by atoms with Gasteiger partial charge in [-0.1, -0.05) is 23.4 Å². The topological polar surface area (TPSA) is 78.9 Å². The van der Waals surface area contributed by atoms with E-state index in [-0.39, 0.29) is 11.8 Å². The third kappa shape index (κ3) is 3.76. The smallest absolute Gasteiger partial charge is 0.239 e. The van der Waals surface area contributed by atoms with Crippen molar-refractivity contribution < 1.29 is 9.21 Å². The predicted octanol–water partition coefficient (Wildman–Crippen LogP) is 5.36. The molecule has 0 aliphatic carbocycles. The van der Waals surface area contributed by atoms with Gasteiger partial charge in [0.1, 0.15) is 17.4 Å². The number of fused-ring (bicyclic) bond motifs is 1. The van der Waals surface area contributed by atoms with Crippen molar-refractivity contribution in [1.82, 2.24) is 4.98 Å². The summed E-state index contributed by atoms with van der Waals surface area (Å²) in [5.74, 6) is 0.615. The third-order valence-corrected chi connectivity index (χ3v) is 5.85. The molecule has 1 atom stereocenters. The minimum absolute atomic E-state index is 0.212. The number of hydrogen-bond acceptors (Lipinski definition) is 5. The van der Waals surface area contributed by atoms with Gasteiger partial charge in [-0.25, -0.2) is 4.98 Å². The van der Waals surface area contributed by atoms with Gasteiger partial charge in [0.05, 0.1) is 15.8 Å². The van der Waals surface area contributed by atoms with Crippen LogP contribution in [0, 0.1) is 45.9 Å². The summed E-state index contributed by atoms with van der Waals surface area (Å²) >= 11 is 1.39. The van der Waals surface area contributed by atoms with Crippen molar-refractivity contribution in [3.8, 4) is 6.07 Å². The first-order valence-corrected chi connectivity index (χ1v) is 9.95. The molecule has 0 aliphatic rings. The molecule has 1 aromatic carbocycles. The summed E-state index contributed by atoms with van der Waals surface area (Å²) in [6.07, 6.45) is 0. The van der Waals surface area contributed by atoms with E-state index in [0.29, 0.717) is 11.3 Å². The quantitative estimate of drug-likeness (QED) is 0.604. The van der Waals surface area contributed by atoms with Crippen LogP contribution in [0.15, 0.2) is 27.6 Å². The molecule has 0 saturated heterocycles. The summed E-state index contributed by atoms with van der Waals surface area (Å²) in [5.41, 5.74) is 5.54. The highest BCUT2D eigenvalue weighted by molar-refractivity contribution is 8.00. The first kappa shape index (κ1) is 20.0. The monoisotopic (exact) mass is 393 g/mol. The van der Waals surface area contributed by atoms with Crippen molar-refractivity contribution in [3.05, 3.63) is 51.8 Å². The minimum atomic E-state index is -0.396. The van der Waals surface area contributed by atoms with E-state index in [2.05, 4.69) is 44.3 Å².